The van der Waals surface area contributed by atoms with Crippen LogP contribution in [0.5, 0.6) is 0 Å². The van der Waals surface area contributed by atoms with Crippen LogP contribution < -0.4 is 10.8 Å². The second kappa shape index (κ2) is 4.87. The van der Waals surface area contributed by atoms with Gasteiger partial charge in [-0.05, 0) is 6.42 Å². The van der Waals surface area contributed by atoms with Crippen molar-refractivity contribution in [3.05, 3.63) is 11.8 Å². The largest absolute Gasteiger partial charge is 0.349 e. The summed E-state index contributed by atoms with van der Waals surface area (Å²) >= 11 is 0. The molecule has 0 bridgehead atoms. The molecule has 1 rings (SSSR count). The fourth-order valence-electron chi connectivity index (χ4n) is 0.838. The Labute approximate surface area is 66.3 Å². The van der Waals surface area contributed by atoms with Crippen molar-refractivity contribution in [2.24, 2.45) is 4.99 Å². The molecule has 62 valence electrons. The fourth-order valence-corrected chi connectivity index (χ4v) is 0.838. The van der Waals surface area contributed by atoms with E-state index in [0.717, 1.165) is 18.7 Å². The number of rotatable bonds is 3. The van der Waals surface area contributed by atoms with Crippen LogP contribution >= 0.6 is 0 Å². The van der Waals surface area contributed by atoms with Crippen LogP contribution in [0.4, 0.5) is 0 Å². The molecule has 0 spiro atoms. The van der Waals surface area contributed by atoms with Gasteiger partial charge in [-0.2, -0.15) is 5.48 Å². The smallest absolute Gasteiger partial charge is 0.0865 e. The zero-order valence-corrected chi connectivity index (χ0v) is 6.63. The molecule has 2 N–H and O–H groups in total. The number of nitrogens with zero attached hydrogens (tertiary/aromatic N) is 1. The van der Waals surface area contributed by atoms with Crippen LogP contribution in [0.25, 0.3) is 0 Å². The van der Waals surface area contributed by atoms with Gasteiger partial charge in [0.15, 0.2) is 0 Å². The van der Waals surface area contributed by atoms with Crippen LogP contribution in [0.1, 0.15) is 6.42 Å². The van der Waals surface area contributed by atoms with E-state index in [-0.39, 0.29) is 0 Å². The minimum absolute atomic E-state index is 0.697. The molecule has 0 aromatic carbocycles. The topological polar surface area (TPSA) is 45.6 Å². The first-order valence-corrected chi connectivity index (χ1v) is 3.63. The van der Waals surface area contributed by atoms with Crippen molar-refractivity contribution in [3.8, 4) is 0 Å². The van der Waals surface area contributed by atoms with Crippen molar-refractivity contribution in [3.63, 3.8) is 0 Å². The molecule has 0 atom stereocenters. The lowest BCUT2D eigenvalue weighted by Gasteiger charge is -2.04. The van der Waals surface area contributed by atoms with Crippen LogP contribution in [0.15, 0.2) is 16.8 Å². The van der Waals surface area contributed by atoms with Gasteiger partial charge in [0.05, 0.1) is 20.0 Å². The predicted octanol–water partition coefficient (Wildman–Crippen LogP) is 0.0429. The van der Waals surface area contributed by atoms with Gasteiger partial charge < -0.3 is 10.2 Å². The average Bonchev–Trinajstić information content (AvgIpc) is 2.28. The van der Waals surface area contributed by atoms with Gasteiger partial charge in [0.1, 0.15) is 0 Å². The molecule has 4 heteroatoms. The molecule has 1 aliphatic heterocycles. The summed E-state index contributed by atoms with van der Waals surface area (Å²) in [6, 6.07) is 0. The molecule has 0 aromatic rings. The second-order valence-electron chi connectivity index (χ2n) is 2.22. The Bertz CT molecular complexity index is 165. The van der Waals surface area contributed by atoms with Gasteiger partial charge in [-0.15, -0.1) is 0 Å². The monoisotopic (exact) mass is 155 g/mol. The molecular formula is C7H13N3O. The molecule has 0 saturated carbocycles. The zero-order chi connectivity index (χ0) is 7.94. The molecule has 11 heavy (non-hydrogen) atoms. The molecule has 4 nitrogen and oxygen atoms in total. The Morgan fingerprint density at radius 1 is 1.82 bits per heavy atom. The normalized spacial score (nSPS) is 17.0. The second-order valence-corrected chi connectivity index (χ2v) is 2.22. The first kappa shape index (κ1) is 8.23. The first-order chi connectivity index (χ1) is 5.43. The molecule has 1 heterocycles. The third kappa shape index (κ3) is 3.15. The summed E-state index contributed by atoms with van der Waals surface area (Å²) in [5.41, 5.74) is 3.86. The van der Waals surface area contributed by atoms with Gasteiger partial charge in [0, 0.05) is 12.2 Å². The minimum atomic E-state index is 0.697. The molecule has 0 radical (unpaired) electrons. The van der Waals surface area contributed by atoms with Crippen LogP contribution in [0.3, 0.4) is 0 Å². The minimum Gasteiger partial charge on any atom is -0.349 e. The van der Waals surface area contributed by atoms with Gasteiger partial charge in [-0.1, -0.05) is 6.08 Å². The van der Waals surface area contributed by atoms with E-state index in [0.29, 0.717) is 6.54 Å². The van der Waals surface area contributed by atoms with Gasteiger partial charge in [-0.25, -0.2) is 0 Å². The molecule has 0 aromatic heterocycles. The predicted molar refractivity (Wildman–Crippen MR) is 44.2 cm³/mol. The maximum absolute atomic E-state index is 4.71. The van der Waals surface area contributed by atoms with Crippen LogP contribution in [0, 0.1) is 0 Å². The summed E-state index contributed by atoms with van der Waals surface area (Å²) in [7, 11) is 1.60. The third-order valence-electron chi connectivity index (χ3n) is 1.40. The van der Waals surface area contributed by atoms with E-state index in [1.54, 1.807) is 13.4 Å². The lowest BCUT2D eigenvalue weighted by atomic mass is 10.3. The van der Waals surface area contributed by atoms with E-state index in [1.165, 1.54) is 0 Å². The Kier molecular flexibility index (Phi) is 3.64. The molecule has 0 fully saturated rings. The number of aliphatic imine (C=N–C) groups is 1. The maximum Gasteiger partial charge on any atom is 0.0865 e. The molecule has 0 saturated heterocycles. The maximum atomic E-state index is 4.71. The number of hydrogen-bond acceptors (Lipinski definition) is 4. The summed E-state index contributed by atoms with van der Waals surface area (Å²) in [4.78, 5) is 8.78. The highest BCUT2D eigenvalue weighted by Gasteiger charge is 1.95. The van der Waals surface area contributed by atoms with E-state index in [2.05, 4.69) is 21.9 Å². The van der Waals surface area contributed by atoms with E-state index >= 15 is 0 Å². The van der Waals surface area contributed by atoms with Crippen molar-refractivity contribution in [2.75, 3.05) is 20.2 Å². The number of hydroxylamine groups is 1. The molecule has 0 amide bonds. The summed E-state index contributed by atoms with van der Waals surface area (Å²) in [5.74, 6) is 0. The summed E-state index contributed by atoms with van der Waals surface area (Å²) < 4.78 is 0. The van der Waals surface area contributed by atoms with Gasteiger partial charge >= 0.3 is 0 Å². The Hall–Kier alpha value is -0.870. The highest BCUT2D eigenvalue weighted by atomic mass is 16.6. The standard InChI is InChI=1S/C7H13N3O/c1-11-10-5-7-3-2-4-8-6-9-7/h3,6,10H,2,4-5H2,1H3,(H,8,9). The van der Waals surface area contributed by atoms with Gasteiger partial charge in [0.2, 0.25) is 0 Å². The summed E-state index contributed by atoms with van der Waals surface area (Å²) in [6.07, 6.45) is 4.82. The lowest BCUT2D eigenvalue weighted by Crippen LogP contribution is -2.23. The molecule has 0 aliphatic carbocycles. The van der Waals surface area contributed by atoms with Crippen LogP contribution in [-0.2, 0) is 4.84 Å². The van der Waals surface area contributed by atoms with Crippen molar-refractivity contribution < 1.29 is 4.84 Å². The van der Waals surface area contributed by atoms with E-state index in [1.807, 2.05) is 0 Å². The lowest BCUT2D eigenvalue weighted by molar-refractivity contribution is 0.0983. The van der Waals surface area contributed by atoms with Crippen LogP contribution in [0.2, 0.25) is 0 Å². The SMILES string of the molecule is CONCC1=CCCN=CN1. The zero-order valence-electron chi connectivity index (χ0n) is 6.63. The van der Waals surface area contributed by atoms with Gasteiger partial charge in [-0.3, -0.25) is 4.99 Å². The van der Waals surface area contributed by atoms with Gasteiger partial charge in [0.25, 0.3) is 0 Å². The van der Waals surface area contributed by atoms with E-state index in [9.17, 15) is 0 Å². The highest BCUT2D eigenvalue weighted by Crippen LogP contribution is 1.94. The van der Waals surface area contributed by atoms with Crippen LogP contribution in [-0.4, -0.2) is 26.5 Å². The average molecular weight is 155 g/mol. The van der Waals surface area contributed by atoms with E-state index < -0.39 is 0 Å². The quantitative estimate of drug-likeness (QED) is 0.566. The number of nitrogens with one attached hydrogen (secondary N) is 2. The molecule has 0 unspecified atom stereocenters. The van der Waals surface area contributed by atoms with Crippen molar-refractivity contribution in [2.45, 2.75) is 6.42 Å². The summed E-state index contributed by atoms with van der Waals surface area (Å²) in [5, 5.41) is 3.04. The molecular weight excluding hydrogens is 142 g/mol. The highest BCUT2D eigenvalue weighted by molar-refractivity contribution is 5.57. The summed E-state index contributed by atoms with van der Waals surface area (Å²) in [6.45, 7) is 1.56. The van der Waals surface area contributed by atoms with E-state index in [4.69, 9.17) is 4.84 Å². The fraction of sp³-hybridized carbons (Fsp3) is 0.571. The van der Waals surface area contributed by atoms with Crippen molar-refractivity contribution >= 4 is 6.34 Å². The Balaban J connectivity index is 2.30. The Morgan fingerprint density at radius 2 is 2.73 bits per heavy atom. The third-order valence-corrected chi connectivity index (χ3v) is 1.40. The first-order valence-electron chi connectivity index (χ1n) is 3.63. The van der Waals surface area contributed by atoms with Crippen molar-refractivity contribution in [1.29, 1.82) is 0 Å². The van der Waals surface area contributed by atoms with Crippen molar-refractivity contribution in [1.82, 2.24) is 10.8 Å². The number of hydrogen-bond donors (Lipinski definition) is 2. The molecule has 1 aliphatic rings. The Morgan fingerprint density at radius 3 is 3.55 bits per heavy atom.